The molecule has 0 aliphatic heterocycles. The van der Waals surface area contributed by atoms with E-state index in [0.717, 1.165) is 4.47 Å². The SMILES string of the molecule is Cc1ccc(-n2c3ccc(C(C)(C)C)cc3c3cc(C(C)(C)C)ccc32)c(Br)c1. The Kier molecular flexibility index (Phi) is 4.70. The fraction of sp³-hybridized carbons (Fsp3) is 0.333. The number of rotatable bonds is 1. The van der Waals surface area contributed by atoms with Gasteiger partial charge in [-0.05, 0) is 86.8 Å². The summed E-state index contributed by atoms with van der Waals surface area (Å²) in [5, 5.41) is 2.65. The third-order valence-electron chi connectivity index (χ3n) is 5.84. The molecule has 0 unspecified atom stereocenters. The van der Waals surface area contributed by atoms with Crippen molar-refractivity contribution in [2.45, 2.75) is 59.3 Å². The molecule has 4 aromatic rings. The van der Waals surface area contributed by atoms with Crippen molar-refractivity contribution in [3.8, 4) is 5.69 Å². The first-order valence-electron chi connectivity index (χ1n) is 10.3. The third kappa shape index (κ3) is 3.53. The number of fused-ring (bicyclic) bond motifs is 3. The quantitative estimate of drug-likeness (QED) is 0.275. The molecule has 29 heavy (non-hydrogen) atoms. The molecule has 0 saturated heterocycles. The van der Waals surface area contributed by atoms with Crippen LogP contribution in [0, 0.1) is 6.92 Å². The maximum absolute atomic E-state index is 3.81. The molecular weight excluding hydrogens is 418 g/mol. The highest BCUT2D eigenvalue weighted by Gasteiger charge is 2.21. The Labute approximate surface area is 182 Å². The Morgan fingerprint density at radius 1 is 0.655 bits per heavy atom. The lowest BCUT2D eigenvalue weighted by Gasteiger charge is -2.19. The largest absolute Gasteiger partial charge is 0.308 e. The molecule has 1 heterocycles. The molecule has 1 aromatic heterocycles. The lowest BCUT2D eigenvalue weighted by atomic mass is 9.85. The highest BCUT2D eigenvalue weighted by molar-refractivity contribution is 9.10. The second kappa shape index (κ2) is 6.74. The summed E-state index contributed by atoms with van der Waals surface area (Å²) < 4.78 is 3.52. The monoisotopic (exact) mass is 447 g/mol. The van der Waals surface area contributed by atoms with Gasteiger partial charge in [-0.1, -0.05) is 59.7 Å². The summed E-state index contributed by atoms with van der Waals surface area (Å²) in [6.07, 6.45) is 0. The Morgan fingerprint density at radius 3 is 1.55 bits per heavy atom. The Hall–Kier alpha value is -2.06. The highest BCUT2D eigenvalue weighted by atomic mass is 79.9. The summed E-state index contributed by atoms with van der Waals surface area (Å²) in [6.45, 7) is 15.8. The molecule has 150 valence electrons. The molecule has 3 aromatic carbocycles. The predicted molar refractivity (Wildman–Crippen MR) is 131 cm³/mol. The topological polar surface area (TPSA) is 4.93 Å². The van der Waals surface area contributed by atoms with E-state index in [1.54, 1.807) is 0 Å². The van der Waals surface area contributed by atoms with E-state index in [9.17, 15) is 0 Å². The van der Waals surface area contributed by atoms with Crippen molar-refractivity contribution in [3.05, 3.63) is 75.8 Å². The van der Waals surface area contributed by atoms with Gasteiger partial charge < -0.3 is 4.57 Å². The fourth-order valence-electron chi connectivity index (χ4n) is 4.01. The summed E-state index contributed by atoms with van der Waals surface area (Å²) in [6, 6.07) is 20.5. The Morgan fingerprint density at radius 2 is 1.14 bits per heavy atom. The van der Waals surface area contributed by atoms with Gasteiger partial charge in [-0.15, -0.1) is 0 Å². The van der Waals surface area contributed by atoms with Gasteiger partial charge in [0.2, 0.25) is 0 Å². The average Bonchev–Trinajstić information content (AvgIpc) is 2.93. The molecule has 0 atom stereocenters. The van der Waals surface area contributed by atoms with Crippen molar-refractivity contribution >= 4 is 37.7 Å². The molecule has 0 saturated carbocycles. The van der Waals surface area contributed by atoms with Gasteiger partial charge in [-0.3, -0.25) is 0 Å². The smallest absolute Gasteiger partial charge is 0.0604 e. The molecule has 0 radical (unpaired) electrons. The van der Waals surface area contributed by atoms with Crippen LogP contribution in [0.5, 0.6) is 0 Å². The Balaban J connectivity index is 2.14. The molecule has 4 rings (SSSR count). The van der Waals surface area contributed by atoms with Crippen molar-refractivity contribution in [3.63, 3.8) is 0 Å². The minimum Gasteiger partial charge on any atom is -0.308 e. The average molecular weight is 448 g/mol. The molecule has 0 aliphatic rings. The predicted octanol–water partition coefficient (Wildman–Crippen LogP) is 8.45. The van der Waals surface area contributed by atoms with E-state index >= 15 is 0 Å². The van der Waals surface area contributed by atoms with Crippen molar-refractivity contribution in [1.29, 1.82) is 0 Å². The molecule has 0 spiro atoms. The van der Waals surface area contributed by atoms with Crippen molar-refractivity contribution in [2.24, 2.45) is 0 Å². The van der Waals surface area contributed by atoms with E-state index in [2.05, 4.69) is 124 Å². The van der Waals surface area contributed by atoms with Crippen LogP contribution >= 0.6 is 15.9 Å². The molecule has 0 bridgehead atoms. The van der Waals surface area contributed by atoms with Crippen LogP contribution in [0.1, 0.15) is 58.2 Å². The minimum absolute atomic E-state index is 0.120. The summed E-state index contributed by atoms with van der Waals surface area (Å²) in [5.41, 5.74) is 7.92. The molecule has 0 aliphatic carbocycles. The van der Waals surface area contributed by atoms with Gasteiger partial charge in [-0.2, -0.15) is 0 Å². The van der Waals surface area contributed by atoms with Crippen LogP contribution in [0.15, 0.2) is 59.1 Å². The molecule has 0 fully saturated rings. The third-order valence-corrected chi connectivity index (χ3v) is 6.48. The number of aryl methyl sites for hydroxylation is 1. The number of halogens is 1. The fourth-order valence-corrected chi connectivity index (χ4v) is 4.68. The van der Waals surface area contributed by atoms with Gasteiger partial charge in [0, 0.05) is 15.2 Å². The van der Waals surface area contributed by atoms with Gasteiger partial charge in [0.05, 0.1) is 16.7 Å². The zero-order valence-electron chi connectivity index (χ0n) is 18.5. The van der Waals surface area contributed by atoms with E-state index in [1.165, 1.54) is 44.2 Å². The van der Waals surface area contributed by atoms with Crippen LogP contribution in [-0.4, -0.2) is 4.57 Å². The zero-order chi connectivity index (χ0) is 21.1. The van der Waals surface area contributed by atoms with Gasteiger partial charge in [0.1, 0.15) is 0 Å². The lowest BCUT2D eigenvalue weighted by molar-refractivity contribution is 0.590. The van der Waals surface area contributed by atoms with E-state index in [0.29, 0.717) is 0 Å². The zero-order valence-corrected chi connectivity index (χ0v) is 20.1. The van der Waals surface area contributed by atoms with Gasteiger partial charge in [0.25, 0.3) is 0 Å². The first-order valence-corrected chi connectivity index (χ1v) is 11.1. The van der Waals surface area contributed by atoms with Crippen LogP contribution in [0.25, 0.3) is 27.5 Å². The number of benzene rings is 3. The van der Waals surface area contributed by atoms with Crippen LogP contribution < -0.4 is 0 Å². The van der Waals surface area contributed by atoms with E-state index in [-0.39, 0.29) is 10.8 Å². The van der Waals surface area contributed by atoms with E-state index in [1.807, 2.05) is 0 Å². The molecule has 0 amide bonds. The van der Waals surface area contributed by atoms with Crippen LogP contribution in [0.4, 0.5) is 0 Å². The second-order valence-electron chi connectivity index (χ2n) is 10.3. The van der Waals surface area contributed by atoms with Crippen molar-refractivity contribution < 1.29 is 0 Å². The van der Waals surface area contributed by atoms with Gasteiger partial charge >= 0.3 is 0 Å². The summed E-state index contributed by atoms with van der Waals surface area (Å²) >= 11 is 3.81. The molecule has 0 N–H and O–H groups in total. The van der Waals surface area contributed by atoms with Crippen molar-refractivity contribution in [2.75, 3.05) is 0 Å². The molecular formula is C27H30BrN. The van der Waals surface area contributed by atoms with Crippen LogP contribution in [0.3, 0.4) is 0 Å². The number of hydrogen-bond acceptors (Lipinski definition) is 0. The Bertz CT molecular complexity index is 1160. The number of hydrogen-bond donors (Lipinski definition) is 0. The summed E-state index contributed by atoms with van der Waals surface area (Å²) in [4.78, 5) is 0. The molecule has 2 heteroatoms. The standard InChI is InChI=1S/C27H30BrN/c1-17-8-11-25(22(28)14-17)29-23-12-9-18(26(2,3)4)15-20(23)21-16-19(27(5,6)7)10-13-24(21)29/h8-16H,1-7H3. The van der Waals surface area contributed by atoms with Crippen LogP contribution in [0.2, 0.25) is 0 Å². The van der Waals surface area contributed by atoms with E-state index in [4.69, 9.17) is 0 Å². The second-order valence-corrected chi connectivity index (χ2v) is 11.1. The minimum atomic E-state index is 0.120. The normalized spacial score (nSPS) is 12.8. The van der Waals surface area contributed by atoms with Crippen LogP contribution in [-0.2, 0) is 10.8 Å². The maximum Gasteiger partial charge on any atom is 0.0604 e. The first kappa shape index (κ1) is 20.2. The van der Waals surface area contributed by atoms with E-state index < -0.39 is 0 Å². The molecule has 1 nitrogen and oxygen atoms in total. The van der Waals surface area contributed by atoms with Gasteiger partial charge in [-0.25, -0.2) is 0 Å². The summed E-state index contributed by atoms with van der Waals surface area (Å²) in [5.74, 6) is 0. The number of nitrogens with zero attached hydrogens (tertiary/aromatic N) is 1. The van der Waals surface area contributed by atoms with Crippen molar-refractivity contribution in [1.82, 2.24) is 4.57 Å². The highest BCUT2D eigenvalue weighted by Crippen LogP contribution is 2.38. The lowest BCUT2D eigenvalue weighted by Crippen LogP contribution is -2.10. The summed E-state index contributed by atoms with van der Waals surface area (Å²) in [7, 11) is 0. The maximum atomic E-state index is 3.81. The number of aromatic nitrogens is 1. The van der Waals surface area contributed by atoms with Gasteiger partial charge in [0.15, 0.2) is 0 Å². The first-order chi connectivity index (χ1) is 13.5.